The van der Waals surface area contributed by atoms with Crippen LogP contribution in [0.4, 0.5) is 0 Å². The Morgan fingerprint density at radius 2 is 1.83 bits per heavy atom. The number of carbonyl (C=O) groups is 2. The normalized spacial score (nSPS) is 10.4. The van der Waals surface area contributed by atoms with Crippen molar-refractivity contribution in [3.8, 4) is 0 Å². The van der Waals surface area contributed by atoms with Gasteiger partial charge in [0, 0.05) is 17.1 Å². The molecular weight excluding hydrogens is 314 g/mol. The van der Waals surface area contributed by atoms with Crippen LogP contribution in [0.15, 0.2) is 36.4 Å². The van der Waals surface area contributed by atoms with Crippen molar-refractivity contribution in [1.82, 2.24) is 5.32 Å². The highest BCUT2D eigenvalue weighted by Gasteiger charge is 2.08. The second-order valence-corrected chi connectivity index (χ2v) is 5.89. The summed E-state index contributed by atoms with van der Waals surface area (Å²) in [5, 5.41) is 12.2. The summed E-state index contributed by atoms with van der Waals surface area (Å²) in [6.45, 7) is 4.12. The van der Waals surface area contributed by atoms with E-state index in [4.69, 9.17) is 16.7 Å². The van der Waals surface area contributed by atoms with Crippen molar-refractivity contribution >= 4 is 23.5 Å². The van der Waals surface area contributed by atoms with Gasteiger partial charge in [-0.25, -0.2) is 0 Å². The first kappa shape index (κ1) is 17.0. The number of aliphatic carboxylic acids is 1. The average Bonchev–Trinajstić information content (AvgIpc) is 2.49. The predicted molar refractivity (Wildman–Crippen MR) is 89.9 cm³/mol. The molecule has 0 aromatic heterocycles. The van der Waals surface area contributed by atoms with Crippen molar-refractivity contribution in [2.75, 3.05) is 0 Å². The molecule has 0 unspecified atom stereocenters. The molecule has 0 fully saturated rings. The molecule has 0 spiro atoms. The molecule has 0 aliphatic rings. The van der Waals surface area contributed by atoms with Crippen LogP contribution in [0.3, 0.4) is 0 Å². The van der Waals surface area contributed by atoms with Gasteiger partial charge in [-0.1, -0.05) is 35.9 Å². The van der Waals surface area contributed by atoms with E-state index in [1.807, 2.05) is 32.0 Å². The summed E-state index contributed by atoms with van der Waals surface area (Å²) in [7, 11) is 0. The third-order valence-electron chi connectivity index (χ3n) is 3.64. The van der Waals surface area contributed by atoms with Crippen LogP contribution in [0, 0.1) is 13.8 Å². The summed E-state index contributed by atoms with van der Waals surface area (Å²) in [6, 6.07) is 10.7. The summed E-state index contributed by atoms with van der Waals surface area (Å²) in [6.07, 6.45) is 0.000335. The largest absolute Gasteiger partial charge is 0.481 e. The van der Waals surface area contributed by atoms with Crippen molar-refractivity contribution in [2.24, 2.45) is 0 Å². The van der Waals surface area contributed by atoms with Crippen molar-refractivity contribution in [1.29, 1.82) is 0 Å². The number of aryl methyl sites for hydroxylation is 2. The molecule has 0 bridgehead atoms. The zero-order valence-corrected chi connectivity index (χ0v) is 13.8. The standard InChI is InChI=1S/C18H18ClNO3/c1-11-3-5-15(8-16(11)19)18(23)20-10-13-4-6-14(9-17(21)22)12(2)7-13/h3-8H,9-10H2,1-2H3,(H,20,23)(H,21,22). The lowest BCUT2D eigenvalue weighted by Crippen LogP contribution is -2.22. The van der Waals surface area contributed by atoms with Crippen molar-refractivity contribution in [2.45, 2.75) is 26.8 Å². The molecule has 0 atom stereocenters. The molecule has 0 saturated carbocycles. The van der Waals surface area contributed by atoms with Gasteiger partial charge in [0.25, 0.3) is 5.91 Å². The monoisotopic (exact) mass is 331 g/mol. The van der Waals surface area contributed by atoms with E-state index in [9.17, 15) is 9.59 Å². The Morgan fingerprint density at radius 1 is 1.09 bits per heavy atom. The van der Waals surface area contributed by atoms with Gasteiger partial charge in [-0.2, -0.15) is 0 Å². The molecule has 2 N–H and O–H groups in total. The Hall–Kier alpha value is -2.33. The second kappa shape index (κ2) is 7.29. The maximum atomic E-state index is 12.1. The van der Waals surface area contributed by atoms with E-state index >= 15 is 0 Å². The van der Waals surface area contributed by atoms with Gasteiger partial charge in [-0.05, 0) is 48.2 Å². The van der Waals surface area contributed by atoms with E-state index in [0.717, 1.165) is 22.3 Å². The van der Waals surface area contributed by atoms with Crippen LogP contribution in [0.1, 0.15) is 32.6 Å². The Labute approximate surface area is 140 Å². The summed E-state index contributed by atoms with van der Waals surface area (Å²) in [5.74, 6) is -1.05. The minimum Gasteiger partial charge on any atom is -0.481 e. The first-order valence-corrected chi connectivity index (χ1v) is 7.59. The SMILES string of the molecule is Cc1ccc(C(=O)NCc2ccc(CC(=O)O)c(C)c2)cc1Cl. The lowest BCUT2D eigenvalue weighted by Gasteiger charge is -2.09. The molecule has 0 aliphatic heterocycles. The zero-order valence-electron chi connectivity index (χ0n) is 13.0. The fraction of sp³-hybridized carbons (Fsp3) is 0.222. The summed E-state index contributed by atoms with van der Waals surface area (Å²) in [4.78, 5) is 22.9. The van der Waals surface area contributed by atoms with E-state index in [1.54, 1.807) is 18.2 Å². The summed E-state index contributed by atoms with van der Waals surface area (Å²) in [5.41, 5.74) is 4.03. The van der Waals surface area contributed by atoms with Gasteiger partial charge >= 0.3 is 5.97 Å². The molecule has 2 aromatic rings. The van der Waals surface area contributed by atoms with Gasteiger partial charge in [0.15, 0.2) is 0 Å². The molecule has 0 heterocycles. The van der Waals surface area contributed by atoms with Crippen LogP contribution in [0.2, 0.25) is 5.02 Å². The summed E-state index contributed by atoms with van der Waals surface area (Å²) < 4.78 is 0. The first-order chi connectivity index (χ1) is 10.9. The minimum atomic E-state index is -0.856. The van der Waals surface area contributed by atoms with E-state index in [-0.39, 0.29) is 12.3 Å². The van der Waals surface area contributed by atoms with E-state index < -0.39 is 5.97 Å². The fourth-order valence-electron chi connectivity index (χ4n) is 2.25. The van der Waals surface area contributed by atoms with E-state index in [0.29, 0.717) is 17.1 Å². The highest BCUT2D eigenvalue weighted by molar-refractivity contribution is 6.31. The highest BCUT2D eigenvalue weighted by atomic mass is 35.5. The molecule has 0 saturated heterocycles. The number of hydrogen-bond donors (Lipinski definition) is 2. The smallest absolute Gasteiger partial charge is 0.307 e. The molecule has 0 aliphatic carbocycles. The molecule has 0 radical (unpaired) electrons. The zero-order chi connectivity index (χ0) is 17.0. The number of carboxylic acids is 1. The lowest BCUT2D eigenvalue weighted by atomic mass is 10.0. The van der Waals surface area contributed by atoms with Crippen molar-refractivity contribution in [3.05, 3.63) is 69.2 Å². The second-order valence-electron chi connectivity index (χ2n) is 5.48. The number of amides is 1. The number of benzene rings is 2. The van der Waals surface area contributed by atoms with Crippen LogP contribution < -0.4 is 5.32 Å². The Balaban J connectivity index is 2.02. The van der Waals surface area contributed by atoms with Crippen LogP contribution >= 0.6 is 11.6 Å². The van der Waals surface area contributed by atoms with Crippen LogP contribution in [0.5, 0.6) is 0 Å². The predicted octanol–water partition coefficient (Wildman–Crippen LogP) is 3.51. The molecular formula is C18H18ClNO3. The highest BCUT2D eigenvalue weighted by Crippen LogP contribution is 2.17. The minimum absolute atomic E-state index is 0.000335. The Bertz CT molecular complexity index is 756. The number of hydrogen-bond acceptors (Lipinski definition) is 2. The number of nitrogens with one attached hydrogen (secondary N) is 1. The topological polar surface area (TPSA) is 66.4 Å². The van der Waals surface area contributed by atoms with E-state index in [1.165, 1.54) is 0 Å². The van der Waals surface area contributed by atoms with Gasteiger partial charge in [-0.15, -0.1) is 0 Å². The van der Waals surface area contributed by atoms with Gasteiger partial charge in [0.2, 0.25) is 0 Å². The first-order valence-electron chi connectivity index (χ1n) is 7.21. The summed E-state index contributed by atoms with van der Waals surface area (Å²) >= 11 is 6.03. The maximum absolute atomic E-state index is 12.1. The number of rotatable bonds is 5. The molecule has 2 rings (SSSR count). The molecule has 23 heavy (non-hydrogen) atoms. The average molecular weight is 332 g/mol. The number of halogens is 1. The van der Waals surface area contributed by atoms with Crippen molar-refractivity contribution < 1.29 is 14.7 Å². The quantitative estimate of drug-likeness (QED) is 0.881. The third-order valence-corrected chi connectivity index (χ3v) is 4.04. The Morgan fingerprint density at radius 3 is 2.43 bits per heavy atom. The fourth-order valence-corrected chi connectivity index (χ4v) is 2.43. The van der Waals surface area contributed by atoms with Gasteiger partial charge < -0.3 is 10.4 Å². The van der Waals surface area contributed by atoms with Gasteiger partial charge in [0.05, 0.1) is 6.42 Å². The van der Waals surface area contributed by atoms with Crippen LogP contribution in [-0.4, -0.2) is 17.0 Å². The van der Waals surface area contributed by atoms with Crippen LogP contribution in [-0.2, 0) is 17.8 Å². The molecule has 5 heteroatoms. The molecule has 4 nitrogen and oxygen atoms in total. The molecule has 2 aromatic carbocycles. The number of carboxylic acid groups (broad SMARTS) is 1. The maximum Gasteiger partial charge on any atom is 0.307 e. The van der Waals surface area contributed by atoms with Gasteiger partial charge in [0.1, 0.15) is 0 Å². The van der Waals surface area contributed by atoms with Crippen LogP contribution in [0.25, 0.3) is 0 Å². The van der Waals surface area contributed by atoms with E-state index in [2.05, 4.69) is 5.32 Å². The lowest BCUT2D eigenvalue weighted by molar-refractivity contribution is -0.136. The van der Waals surface area contributed by atoms with Crippen molar-refractivity contribution in [3.63, 3.8) is 0 Å². The number of carbonyl (C=O) groups excluding carboxylic acids is 1. The van der Waals surface area contributed by atoms with Gasteiger partial charge in [-0.3, -0.25) is 9.59 Å². The molecule has 120 valence electrons. The third kappa shape index (κ3) is 4.57. The molecule has 1 amide bonds. The Kier molecular flexibility index (Phi) is 5.40.